The predicted octanol–water partition coefficient (Wildman–Crippen LogP) is 2.99. The summed E-state index contributed by atoms with van der Waals surface area (Å²) in [6, 6.07) is 13.5. The van der Waals surface area contributed by atoms with Gasteiger partial charge in [0.15, 0.2) is 5.78 Å². The van der Waals surface area contributed by atoms with E-state index in [1.54, 1.807) is 30.3 Å². The molecule has 0 heterocycles. The highest BCUT2D eigenvalue weighted by atomic mass is 16.5. The summed E-state index contributed by atoms with van der Waals surface area (Å²) in [6.07, 6.45) is 0. The molecule has 0 aliphatic heterocycles. The average Bonchev–Trinajstić information content (AvgIpc) is 2.53. The Bertz CT molecular complexity index is 735. The molecule has 1 N–H and O–H groups in total. The van der Waals surface area contributed by atoms with Crippen molar-refractivity contribution in [1.29, 1.82) is 0 Å². The molecule has 0 aliphatic carbocycles. The molecule has 0 saturated carbocycles. The molecule has 2 aromatic rings. The molecule has 0 atom stereocenters. The van der Waals surface area contributed by atoms with Crippen LogP contribution in [0.3, 0.4) is 0 Å². The lowest BCUT2D eigenvalue weighted by molar-refractivity contribution is -0.120. The first kappa shape index (κ1) is 16.4. The summed E-state index contributed by atoms with van der Waals surface area (Å²) in [5.41, 5.74) is 2.35. The third-order valence-electron chi connectivity index (χ3n) is 3.08. The monoisotopic (exact) mass is 311 g/mol. The topological polar surface area (TPSA) is 72.5 Å². The molecule has 0 aromatic heterocycles. The van der Waals surface area contributed by atoms with E-state index in [0.29, 0.717) is 11.3 Å². The number of nitrogens with one attached hydrogen (secondary N) is 1. The minimum Gasteiger partial charge on any atom is -0.454 e. The van der Waals surface area contributed by atoms with Gasteiger partial charge in [-0.25, -0.2) is 4.79 Å². The molecule has 5 nitrogen and oxygen atoms in total. The van der Waals surface area contributed by atoms with Crippen LogP contribution in [0.15, 0.2) is 48.5 Å². The van der Waals surface area contributed by atoms with Crippen molar-refractivity contribution < 1.29 is 19.1 Å². The van der Waals surface area contributed by atoms with Crippen LogP contribution in [0.25, 0.3) is 0 Å². The number of ketones is 1. The molecule has 118 valence electrons. The number of hydrogen-bond donors (Lipinski definition) is 1. The largest absolute Gasteiger partial charge is 0.454 e. The standard InChI is InChI=1S/C18H17NO4/c1-12-6-8-14(9-7-12)17(21)19-16-5-3-4-15(10-16)18(22)23-11-13(2)20/h3-10H,11H2,1-2H3,(H,19,21). The quantitative estimate of drug-likeness (QED) is 0.862. The number of benzene rings is 2. The van der Waals surface area contributed by atoms with E-state index in [0.717, 1.165) is 5.56 Å². The maximum absolute atomic E-state index is 12.1. The molecule has 0 aliphatic rings. The lowest BCUT2D eigenvalue weighted by atomic mass is 10.1. The Morgan fingerprint density at radius 2 is 1.70 bits per heavy atom. The number of carbonyl (C=O) groups excluding carboxylic acids is 3. The Hall–Kier alpha value is -2.95. The summed E-state index contributed by atoms with van der Waals surface area (Å²) in [5, 5.41) is 2.72. The first-order chi connectivity index (χ1) is 11.0. The molecule has 0 fully saturated rings. The Balaban J connectivity index is 2.07. The highest BCUT2D eigenvalue weighted by molar-refractivity contribution is 6.04. The maximum atomic E-state index is 12.1. The van der Waals surface area contributed by atoms with E-state index in [9.17, 15) is 14.4 Å². The van der Waals surface area contributed by atoms with Crippen LogP contribution in [-0.4, -0.2) is 24.3 Å². The van der Waals surface area contributed by atoms with Gasteiger partial charge < -0.3 is 10.1 Å². The van der Waals surface area contributed by atoms with Crippen LogP contribution in [0.2, 0.25) is 0 Å². The van der Waals surface area contributed by atoms with Gasteiger partial charge in [-0.2, -0.15) is 0 Å². The fourth-order valence-electron chi connectivity index (χ4n) is 1.88. The van der Waals surface area contributed by atoms with Gasteiger partial charge in [0, 0.05) is 11.3 Å². The summed E-state index contributed by atoms with van der Waals surface area (Å²) in [6.45, 7) is 3.02. The second-order valence-corrected chi connectivity index (χ2v) is 5.18. The zero-order valence-corrected chi connectivity index (χ0v) is 13.0. The second kappa shape index (κ2) is 7.35. The predicted molar refractivity (Wildman–Crippen MR) is 86.5 cm³/mol. The third-order valence-corrected chi connectivity index (χ3v) is 3.08. The highest BCUT2D eigenvalue weighted by Crippen LogP contribution is 2.14. The van der Waals surface area contributed by atoms with Crippen LogP contribution in [-0.2, 0) is 9.53 Å². The highest BCUT2D eigenvalue weighted by Gasteiger charge is 2.11. The minimum atomic E-state index is -0.605. The smallest absolute Gasteiger partial charge is 0.338 e. The van der Waals surface area contributed by atoms with Crippen molar-refractivity contribution in [2.75, 3.05) is 11.9 Å². The molecule has 23 heavy (non-hydrogen) atoms. The first-order valence-electron chi connectivity index (χ1n) is 7.10. The van der Waals surface area contributed by atoms with Crippen molar-refractivity contribution in [1.82, 2.24) is 0 Å². The number of ether oxygens (including phenoxy) is 1. The summed E-state index contributed by atoms with van der Waals surface area (Å²) in [5.74, 6) is -1.10. The van der Waals surface area contributed by atoms with Crippen molar-refractivity contribution in [2.24, 2.45) is 0 Å². The minimum absolute atomic E-state index is 0.234. The van der Waals surface area contributed by atoms with Crippen molar-refractivity contribution in [3.05, 3.63) is 65.2 Å². The SMILES string of the molecule is CC(=O)COC(=O)c1cccc(NC(=O)c2ccc(C)cc2)c1. The molecule has 0 saturated heterocycles. The number of Topliss-reactive ketones (excluding diaryl/α,β-unsaturated/α-hetero) is 1. The maximum Gasteiger partial charge on any atom is 0.338 e. The number of hydrogen-bond acceptors (Lipinski definition) is 4. The molecule has 0 unspecified atom stereocenters. The fourth-order valence-corrected chi connectivity index (χ4v) is 1.88. The van der Waals surface area contributed by atoms with E-state index in [1.807, 2.05) is 19.1 Å². The van der Waals surface area contributed by atoms with Gasteiger partial charge in [0.05, 0.1) is 5.56 Å². The molecule has 0 radical (unpaired) electrons. The molecule has 5 heteroatoms. The van der Waals surface area contributed by atoms with E-state index in [2.05, 4.69) is 5.32 Å². The molecule has 2 aromatic carbocycles. The van der Waals surface area contributed by atoms with Crippen LogP contribution in [0.5, 0.6) is 0 Å². The number of aryl methyl sites for hydroxylation is 1. The normalized spacial score (nSPS) is 10.0. The van der Waals surface area contributed by atoms with Gasteiger partial charge >= 0.3 is 5.97 Å². The van der Waals surface area contributed by atoms with Gasteiger partial charge in [0.2, 0.25) is 0 Å². The number of anilines is 1. The summed E-state index contributed by atoms with van der Waals surface area (Å²) < 4.78 is 4.85. The Morgan fingerprint density at radius 1 is 1.00 bits per heavy atom. The summed E-state index contributed by atoms with van der Waals surface area (Å²) in [7, 11) is 0. The molecular formula is C18H17NO4. The van der Waals surface area contributed by atoms with Crippen LogP contribution in [0, 0.1) is 6.92 Å². The molecular weight excluding hydrogens is 294 g/mol. The van der Waals surface area contributed by atoms with Gasteiger partial charge in [0.1, 0.15) is 6.61 Å². The summed E-state index contributed by atoms with van der Waals surface area (Å²) in [4.78, 5) is 34.8. The second-order valence-electron chi connectivity index (χ2n) is 5.18. The van der Waals surface area contributed by atoms with Crippen LogP contribution >= 0.6 is 0 Å². The molecule has 0 bridgehead atoms. The Morgan fingerprint density at radius 3 is 2.35 bits per heavy atom. The molecule has 1 amide bonds. The van der Waals surface area contributed by atoms with E-state index in [-0.39, 0.29) is 23.9 Å². The van der Waals surface area contributed by atoms with Crippen LogP contribution in [0.4, 0.5) is 5.69 Å². The lowest BCUT2D eigenvalue weighted by Gasteiger charge is -2.08. The summed E-state index contributed by atoms with van der Waals surface area (Å²) >= 11 is 0. The van der Waals surface area contributed by atoms with Gasteiger partial charge in [0.25, 0.3) is 5.91 Å². The van der Waals surface area contributed by atoms with E-state index in [4.69, 9.17) is 4.74 Å². The van der Waals surface area contributed by atoms with Gasteiger partial charge in [-0.15, -0.1) is 0 Å². The van der Waals surface area contributed by atoms with Crippen molar-refractivity contribution in [2.45, 2.75) is 13.8 Å². The lowest BCUT2D eigenvalue weighted by Crippen LogP contribution is -2.14. The first-order valence-corrected chi connectivity index (χ1v) is 7.10. The zero-order valence-electron chi connectivity index (χ0n) is 13.0. The number of rotatable bonds is 5. The number of esters is 1. The van der Waals surface area contributed by atoms with Gasteiger partial charge in [-0.3, -0.25) is 9.59 Å². The van der Waals surface area contributed by atoms with Crippen LogP contribution < -0.4 is 5.32 Å². The van der Waals surface area contributed by atoms with E-state index in [1.165, 1.54) is 13.0 Å². The van der Waals surface area contributed by atoms with E-state index >= 15 is 0 Å². The molecule has 2 rings (SSSR count). The van der Waals surface area contributed by atoms with Crippen LogP contribution in [0.1, 0.15) is 33.2 Å². The van der Waals surface area contributed by atoms with Gasteiger partial charge in [-0.1, -0.05) is 23.8 Å². The Labute approximate surface area is 134 Å². The Kier molecular flexibility index (Phi) is 5.25. The van der Waals surface area contributed by atoms with Crippen molar-refractivity contribution >= 4 is 23.3 Å². The number of carbonyl (C=O) groups is 3. The van der Waals surface area contributed by atoms with Gasteiger partial charge in [-0.05, 0) is 44.2 Å². The van der Waals surface area contributed by atoms with Crippen molar-refractivity contribution in [3.63, 3.8) is 0 Å². The molecule has 0 spiro atoms. The third kappa shape index (κ3) is 4.78. The number of amides is 1. The fraction of sp³-hybridized carbons (Fsp3) is 0.167. The van der Waals surface area contributed by atoms with E-state index < -0.39 is 5.97 Å². The zero-order chi connectivity index (χ0) is 16.8. The average molecular weight is 311 g/mol. The van der Waals surface area contributed by atoms with Crippen molar-refractivity contribution in [3.8, 4) is 0 Å².